The molecule has 4 N–H and O–H groups in total. The van der Waals surface area contributed by atoms with E-state index >= 15 is 0 Å². The summed E-state index contributed by atoms with van der Waals surface area (Å²) in [6.07, 6.45) is -4.54. The van der Waals surface area contributed by atoms with Gasteiger partial charge in [-0.2, -0.15) is 13.2 Å². The number of rotatable bonds is 4. The van der Waals surface area contributed by atoms with Gasteiger partial charge in [0.05, 0.1) is 16.6 Å². The molecule has 4 rings (SSSR count). The molecule has 6 nitrogen and oxygen atoms in total. The van der Waals surface area contributed by atoms with Crippen LogP contribution in [0.25, 0.3) is 22.2 Å². The second-order valence-corrected chi connectivity index (χ2v) is 6.51. The van der Waals surface area contributed by atoms with Crippen LogP contribution in [0.5, 0.6) is 0 Å². The van der Waals surface area contributed by atoms with Crippen LogP contribution in [-0.2, 0) is 6.18 Å². The molecule has 1 amide bonds. The molecule has 3 aromatic carbocycles. The lowest BCUT2D eigenvalue weighted by Gasteiger charge is -2.13. The number of nitrogens with zero attached hydrogens (tertiary/aromatic N) is 1. The number of benzene rings is 3. The van der Waals surface area contributed by atoms with Gasteiger partial charge in [-0.1, -0.05) is 36.4 Å². The fraction of sp³-hybridized carbons (Fsp3) is 0.0476. The van der Waals surface area contributed by atoms with Crippen LogP contribution < -0.4 is 10.8 Å². The van der Waals surface area contributed by atoms with Crippen molar-refractivity contribution in [3.63, 3.8) is 0 Å². The van der Waals surface area contributed by atoms with Gasteiger partial charge in [0.1, 0.15) is 0 Å². The average Bonchev–Trinajstić information content (AvgIpc) is 3.13. The van der Waals surface area contributed by atoms with Crippen molar-refractivity contribution in [2.45, 2.75) is 6.18 Å². The van der Waals surface area contributed by atoms with Crippen molar-refractivity contribution < 1.29 is 23.2 Å². The van der Waals surface area contributed by atoms with Crippen molar-refractivity contribution in [3.05, 3.63) is 77.9 Å². The summed E-state index contributed by atoms with van der Waals surface area (Å²) in [5.74, 6) is -0.476. The Morgan fingerprint density at radius 2 is 1.77 bits per heavy atom. The second kappa shape index (κ2) is 7.53. The van der Waals surface area contributed by atoms with Gasteiger partial charge >= 0.3 is 6.18 Å². The van der Waals surface area contributed by atoms with E-state index in [1.807, 2.05) is 0 Å². The van der Waals surface area contributed by atoms with E-state index in [9.17, 15) is 18.0 Å². The summed E-state index contributed by atoms with van der Waals surface area (Å²) in [4.78, 5) is 18.7. The SMILES string of the molecule is O=C(NO)c1cccc(Nc2nc3cc(-c4ccccc4)c(C(F)(F)F)cc3[nH]2)c1. The van der Waals surface area contributed by atoms with Crippen LogP contribution in [0, 0.1) is 0 Å². The molecule has 0 atom stereocenters. The quantitative estimate of drug-likeness (QED) is 0.277. The molecule has 9 heteroatoms. The van der Waals surface area contributed by atoms with E-state index in [1.165, 1.54) is 23.7 Å². The van der Waals surface area contributed by atoms with Crippen LogP contribution in [0.2, 0.25) is 0 Å². The van der Waals surface area contributed by atoms with Gasteiger partial charge in [-0.15, -0.1) is 0 Å². The van der Waals surface area contributed by atoms with Gasteiger partial charge in [0.15, 0.2) is 0 Å². The number of hydrogen-bond donors (Lipinski definition) is 4. The first-order valence-electron chi connectivity index (χ1n) is 8.83. The number of hydrogen-bond acceptors (Lipinski definition) is 4. The highest BCUT2D eigenvalue weighted by atomic mass is 19.4. The molecule has 0 aliphatic heterocycles. The minimum atomic E-state index is -4.54. The highest BCUT2D eigenvalue weighted by Crippen LogP contribution is 2.39. The Hall–Kier alpha value is -3.85. The minimum Gasteiger partial charge on any atom is -0.326 e. The summed E-state index contributed by atoms with van der Waals surface area (Å²) >= 11 is 0. The van der Waals surface area contributed by atoms with Gasteiger partial charge in [0.2, 0.25) is 5.95 Å². The molecular formula is C21H15F3N4O2. The molecule has 1 heterocycles. The molecule has 0 spiro atoms. The van der Waals surface area contributed by atoms with Crippen molar-refractivity contribution in [2.24, 2.45) is 0 Å². The Bertz CT molecular complexity index is 1220. The monoisotopic (exact) mass is 412 g/mol. The van der Waals surface area contributed by atoms with Crippen molar-refractivity contribution in [2.75, 3.05) is 5.32 Å². The topological polar surface area (TPSA) is 90.0 Å². The lowest BCUT2D eigenvalue weighted by atomic mass is 9.98. The zero-order valence-corrected chi connectivity index (χ0v) is 15.3. The number of fused-ring (bicyclic) bond motifs is 1. The van der Waals surface area contributed by atoms with Crippen LogP contribution in [0.4, 0.5) is 24.8 Å². The number of H-pyrrole nitrogens is 1. The van der Waals surface area contributed by atoms with Crippen LogP contribution in [0.1, 0.15) is 15.9 Å². The number of hydroxylamine groups is 1. The lowest BCUT2D eigenvalue weighted by molar-refractivity contribution is -0.137. The van der Waals surface area contributed by atoms with Gasteiger partial charge in [-0.25, -0.2) is 10.5 Å². The van der Waals surface area contributed by atoms with Crippen LogP contribution in [0.3, 0.4) is 0 Å². The number of amides is 1. The lowest BCUT2D eigenvalue weighted by Crippen LogP contribution is -2.18. The van der Waals surface area contributed by atoms with Crippen LogP contribution in [0.15, 0.2) is 66.7 Å². The van der Waals surface area contributed by atoms with Crippen molar-refractivity contribution >= 4 is 28.6 Å². The van der Waals surface area contributed by atoms with E-state index in [0.717, 1.165) is 6.07 Å². The number of alkyl halides is 3. The molecule has 4 aromatic rings. The van der Waals surface area contributed by atoms with Gasteiger partial charge in [0, 0.05) is 11.3 Å². The first kappa shape index (κ1) is 19.5. The standard InChI is InChI=1S/C21H15F3N4O2/c22-21(23,24)16-11-18-17(10-15(16)12-5-2-1-3-6-12)26-20(27-18)25-14-8-4-7-13(9-14)19(29)28-30/h1-11,30H,(H,28,29)(H2,25,26,27). The highest BCUT2D eigenvalue weighted by Gasteiger charge is 2.34. The summed E-state index contributed by atoms with van der Waals surface area (Å²) in [6, 6.07) is 16.9. The smallest absolute Gasteiger partial charge is 0.326 e. The molecule has 0 fully saturated rings. The van der Waals surface area contributed by atoms with E-state index < -0.39 is 17.6 Å². The maximum absolute atomic E-state index is 13.7. The molecule has 0 saturated heterocycles. The largest absolute Gasteiger partial charge is 0.417 e. The molecule has 0 saturated carbocycles. The molecule has 1 aromatic heterocycles. The first-order valence-corrected chi connectivity index (χ1v) is 8.83. The molecule has 30 heavy (non-hydrogen) atoms. The Morgan fingerprint density at radius 3 is 2.47 bits per heavy atom. The number of aromatic nitrogens is 2. The number of imidazole rings is 1. The summed E-state index contributed by atoms with van der Waals surface area (Å²) in [6.45, 7) is 0. The van der Waals surface area contributed by atoms with E-state index in [2.05, 4.69) is 15.3 Å². The summed E-state index contributed by atoms with van der Waals surface area (Å²) in [5, 5.41) is 11.7. The Balaban J connectivity index is 1.75. The van der Waals surface area contributed by atoms with Crippen LogP contribution >= 0.6 is 0 Å². The first-order chi connectivity index (χ1) is 14.3. The Kier molecular flexibility index (Phi) is 4.88. The number of nitrogens with one attached hydrogen (secondary N) is 3. The second-order valence-electron chi connectivity index (χ2n) is 6.51. The van der Waals surface area contributed by atoms with Gasteiger partial charge in [-0.05, 0) is 41.5 Å². The van der Waals surface area contributed by atoms with Gasteiger partial charge in [0.25, 0.3) is 5.91 Å². The summed E-state index contributed by atoms with van der Waals surface area (Å²) in [5.41, 5.74) is 2.49. The molecule has 0 radical (unpaired) electrons. The number of carbonyl (C=O) groups excluding carboxylic acids is 1. The summed E-state index contributed by atoms with van der Waals surface area (Å²) < 4.78 is 41.0. The molecule has 0 aliphatic rings. The predicted octanol–water partition coefficient (Wildman–Crippen LogP) is 5.11. The van der Waals surface area contributed by atoms with Crippen LogP contribution in [-0.4, -0.2) is 21.1 Å². The van der Waals surface area contributed by atoms with E-state index in [1.54, 1.807) is 42.5 Å². The Labute approximate surface area is 168 Å². The molecule has 152 valence electrons. The van der Waals surface area contributed by atoms with E-state index in [0.29, 0.717) is 16.8 Å². The van der Waals surface area contributed by atoms with Crippen molar-refractivity contribution in [1.82, 2.24) is 15.4 Å². The molecule has 0 aliphatic carbocycles. The van der Waals surface area contributed by atoms with Crippen molar-refractivity contribution in [1.29, 1.82) is 0 Å². The molecular weight excluding hydrogens is 397 g/mol. The highest BCUT2D eigenvalue weighted by molar-refractivity contribution is 5.94. The number of aromatic amines is 1. The third kappa shape index (κ3) is 3.83. The Morgan fingerprint density at radius 1 is 1.00 bits per heavy atom. The molecule has 0 unspecified atom stereocenters. The zero-order chi connectivity index (χ0) is 21.3. The maximum atomic E-state index is 13.7. The normalized spacial score (nSPS) is 11.5. The average molecular weight is 412 g/mol. The number of anilines is 2. The van der Waals surface area contributed by atoms with Gasteiger partial charge < -0.3 is 10.3 Å². The minimum absolute atomic E-state index is 0.0373. The maximum Gasteiger partial charge on any atom is 0.417 e. The number of halogens is 3. The summed E-state index contributed by atoms with van der Waals surface area (Å²) in [7, 11) is 0. The zero-order valence-electron chi connectivity index (χ0n) is 15.3. The third-order valence-corrected chi connectivity index (χ3v) is 4.50. The van der Waals surface area contributed by atoms with E-state index in [-0.39, 0.29) is 22.6 Å². The third-order valence-electron chi connectivity index (χ3n) is 4.50. The van der Waals surface area contributed by atoms with E-state index in [4.69, 9.17) is 5.21 Å². The molecule has 0 bridgehead atoms. The van der Waals surface area contributed by atoms with Crippen molar-refractivity contribution in [3.8, 4) is 11.1 Å². The number of carbonyl (C=O) groups is 1. The fourth-order valence-corrected chi connectivity index (χ4v) is 3.15. The predicted molar refractivity (Wildman–Crippen MR) is 106 cm³/mol. The van der Waals surface area contributed by atoms with Gasteiger partial charge in [-0.3, -0.25) is 10.0 Å². The fourth-order valence-electron chi connectivity index (χ4n) is 3.15.